The summed E-state index contributed by atoms with van der Waals surface area (Å²) in [5.41, 5.74) is -2.54. The van der Waals surface area contributed by atoms with E-state index in [1.807, 2.05) is 0 Å². The molecule has 0 atom stereocenters. The lowest BCUT2D eigenvalue weighted by molar-refractivity contribution is -0.448. The molecule has 0 aliphatic carbocycles. The van der Waals surface area contributed by atoms with Gasteiger partial charge in [-0.2, -0.15) is 61.5 Å². The van der Waals surface area contributed by atoms with Crippen LogP contribution in [-0.2, 0) is 14.2 Å². The number of ether oxygens (including phenoxy) is 3. The first-order chi connectivity index (χ1) is 12.1. The van der Waals surface area contributed by atoms with Gasteiger partial charge in [0.1, 0.15) is 0 Å². The number of halogens is 14. The number of rotatable bonds is 6. The SMILES string of the molecule is FC(F)(F)C(F)(OCC1(COC(F)(C(F)(F)F)C(F)(F)F)COC1)C(F)(F)F. The number of hydrogen-bond acceptors (Lipinski definition) is 3. The summed E-state index contributed by atoms with van der Waals surface area (Å²) in [6, 6.07) is 0. The predicted octanol–water partition coefficient (Wildman–Crippen LogP) is 4.62. The maximum absolute atomic E-state index is 13.4. The van der Waals surface area contributed by atoms with Gasteiger partial charge in [0.05, 0.1) is 31.8 Å². The first-order valence-corrected chi connectivity index (χ1v) is 6.62. The Morgan fingerprint density at radius 1 is 0.536 bits per heavy atom. The van der Waals surface area contributed by atoms with Crippen molar-refractivity contribution in [1.29, 1.82) is 0 Å². The molecule has 0 N–H and O–H groups in total. The van der Waals surface area contributed by atoms with E-state index < -0.39 is 68.3 Å². The van der Waals surface area contributed by atoms with Crippen molar-refractivity contribution in [1.82, 2.24) is 0 Å². The Bertz CT molecular complexity index is 469. The number of hydrogen-bond donors (Lipinski definition) is 0. The molecule has 1 fully saturated rings. The molecule has 1 heterocycles. The van der Waals surface area contributed by atoms with Gasteiger partial charge in [-0.25, -0.2) is 0 Å². The fourth-order valence-corrected chi connectivity index (χ4v) is 1.75. The highest BCUT2D eigenvalue weighted by molar-refractivity contribution is 4.93. The van der Waals surface area contributed by atoms with E-state index in [1.165, 1.54) is 0 Å². The van der Waals surface area contributed by atoms with Crippen molar-refractivity contribution >= 4 is 0 Å². The van der Waals surface area contributed by atoms with Crippen LogP contribution in [0.1, 0.15) is 0 Å². The summed E-state index contributed by atoms with van der Waals surface area (Å²) < 4.78 is 185. The minimum absolute atomic E-state index is 1.09. The van der Waals surface area contributed by atoms with E-state index in [9.17, 15) is 61.5 Å². The van der Waals surface area contributed by atoms with Crippen molar-refractivity contribution < 1.29 is 75.7 Å². The third-order valence-corrected chi connectivity index (χ3v) is 3.43. The first-order valence-electron chi connectivity index (χ1n) is 6.62. The van der Waals surface area contributed by atoms with Gasteiger partial charge in [-0.1, -0.05) is 0 Å². The normalized spacial score (nSPS) is 19.5. The molecule has 0 radical (unpaired) electrons. The van der Waals surface area contributed by atoms with Crippen molar-refractivity contribution in [3.63, 3.8) is 0 Å². The van der Waals surface area contributed by atoms with Gasteiger partial charge in [0.15, 0.2) is 0 Å². The molecule has 1 saturated heterocycles. The number of alkyl halides is 14. The topological polar surface area (TPSA) is 27.7 Å². The van der Waals surface area contributed by atoms with Gasteiger partial charge < -0.3 is 14.2 Å². The van der Waals surface area contributed by atoms with Crippen molar-refractivity contribution in [3.8, 4) is 0 Å². The molecule has 17 heteroatoms. The van der Waals surface area contributed by atoms with Gasteiger partial charge in [0.2, 0.25) is 0 Å². The highest BCUT2D eigenvalue weighted by Gasteiger charge is 2.76. The predicted molar refractivity (Wildman–Crippen MR) is 57.1 cm³/mol. The molecule has 0 saturated carbocycles. The molecule has 3 nitrogen and oxygen atoms in total. The Hall–Kier alpha value is -1.10. The quantitative estimate of drug-likeness (QED) is 0.549. The van der Waals surface area contributed by atoms with Crippen LogP contribution in [0.2, 0.25) is 0 Å². The lowest BCUT2D eigenvalue weighted by Crippen LogP contribution is -2.61. The molecule has 0 spiro atoms. The van der Waals surface area contributed by atoms with Crippen LogP contribution in [0, 0.1) is 5.41 Å². The average Bonchev–Trinajstić information content (AvgIpc) is 2.40. The maximum atomic E-state index is 13.4. The molecule has 0 aromatic heterocycles. The Morgan fingerprint density at radius 2 is 0.786 bits per heavy atom. The minimum atomic E-state index is -6.69. The molecular formula is C11H8F14O3. The zero-order valence-corrected chi connectivity index (χ0v) is 12.8. The van der Waals surface area contributed by atoms with E-state index in [4.69, 9.17) is 0 Å². The zero-order valence-electron chi connectivity index (χ0n) is 12.8. The van der Waals surface area contributed by atoms with Crippen LogP contribution in [0.25, 0.3) is 0 Å². The lowest BCUT2D eigenvalue weighted by atomic mass is 9.88. The second kappa shape index (κ2) is 7.00. The van der Waals surface area contributed by atoms with Crippen LogP contribution in [0.3, 0.4) is 0 Å². The largest absolute Gasteiger partial charge is 0.458 e. The summed E-state index contributed by atoms with van der Waals surface area (Å²) in [4.78, 5) is 0. The molecule has 1 rings (SSSR count). The van der Waals surface area contributed by atoms with Gasteiger partial charge >= 0.3 is 36.4 Å². The smallest absolute Gasteiger partial charge is 0.380 e. The fourth-order valence-electron chi connectivity index (χ4n) is 1.75. The van der Waals surface area contributed by atoms with Crippen molar-refractivity contribution in [2.45, 2.75) is 36.4 Å². The van der Waals surface area contributed by atoms with Gasteiger partial charge in [-0.15, -0.1) is 0 Å². The second-order valence-electron chi connectivity index (χ2n) is 5.75. The molecule has 0 bridgehead atoms. The van der Waals surface area contributed by atoms with E-state index in [-0.39, 0.29) is 0 Å². The van der Waals surface area contributed by atoms with Crippen LogP contribution in [0.15, 0.2) is 0 Å². The first kappa shape index (κ1) is 24.9. The third kappa shape index (κ3) is 4.39. The summed E-state index contributed by atoms with van der Waals surface area (Å²) in [6.45, 7) is -6.28. The monoisotopic (exact) mass is 454 g/mol. The molecule has 0 amide bonds. The van der Waals surface area contributed by atoms with Crippen molar-refractivity contribution in [2.75, 3.05) is 26.4 Å². The van der Waals surface area contributed by atoms with Crippen molar-refractivity contribution in [3.05, 3.63) is 0 Å². The zero-order chi connectivity index (χ0) is 22.4. The van der Waals surface area contributed by atoms with Gasteiger partial charge in [-0.3, -0.25) is 0 Å². The maximum Gasteiger partial charge on any atom is 0.458 e. The van der Waals surface area contributed by atoms with Gasteiger partial charge in [-0.05, 0) is 0 Å². The summed E-state index contributed by atoms with van der Waals surface area (Å²) in [5.74, 6) is -12.6. The Morgan fingerprint density at radius 3 is 0.929 bits per heavy atom. The summed E-state index contributed by atoms with van der Waals surface area (Å²) in [6.07, 6.45) is -26.8. The standard InChI is InChI=1S/C11H8F14O3/c12-6(8(14,15)16,9(17,18)19)27-3-5(1-26-2-5)4-28-7(13,10(20,21)22)11(23,24)25/h1-4H2. The molecule has 168 valence electrons. The molecule has 0 unspecified atom stereocenters. The van der Waals surface area contributed by atoms with Crippen LogP contribution in [-0.4, -0.2) is 62.8 Å². The fraction of sp³-hybridized carbons (Fsp3) is 1.00. The molecule has 1 aliphatic heterocycles. The van der Waals surface area contributed by atoms with Gasteiger partial charge in [0.25, 0.3) is 0 Å². The van der Waals surface area contributed by atoms with Gasteiger partial charge in [0, 0.05) is 0 Å². The molecular weight excluding hydrogens is 446 g/mol. The van der Waals surface area contributed by atoms with Crippen LogP contribution in [0.5, 0.6) is 0 Å². The highest BCUT2D eigenvalue weighted by Crippen LogP contribution is 2.50. The molecule has 0 aromatic rings. The van der Waals surface area contributed by atoms with Crippen LogP contribution in [0.4, 0.5) is 61.5 Å². The van der Waals surface area contributed by atoms with E-state index in [2.05, 4.69) is 14.2 Å². The summed E-state index contributed by atoms with van der Waals surface area (Å²) in [7, 11) is 0. The third-order valence-electron chi connectivity index (χ3n) is 3.43. The van der Waals surface area contributed by atoms with Crippen LogP contribution >= 0.6 is 0 Å². The van der Waals surface area contributed by atoms with E-state index in [0.29, 0.717) is 0 Å². The Kier molecular flexibility index (Phi) is 6.23. The molecule has 28 heavy (non-hydrogen) atoms. The van der Waals surface area contributed by atoms with E-state index in [0.717, 1.165) is 0 Å². The van der Waals surface area contributed by atoms with E-state index in [1.54, 1.807) is 0 Å². The Labute approximate surface area is 145 Å². The highest BCUT2D eigenvalue weighted by atomic mass is 19.4. The summed E-state index contributed by atoms with van der Waals surface area (Å²) in [5, 5.41) is 0. The molecule has 0 aromatic carbocycles. The second-order valence-corrected chi connectivity index (χ2v) is 5.75. The summed E-state index contributed by atoms with van der Waals surface area (Å²) >= 11 is 0. The minimum Gasteiger partial charge on any atom is -0.380 e. The van der Waals surface area contributed by atoms with Crippen LogP contribution < -0.4 is 0 Å². The Balaban J connectivity index is 3.01. The average molecular weight is 454 g/mol. The lowest BCUT2D eigenvalue weighted by Gasteiger charge is -2.44. The van der Waals surface area contributed by atoms with Crippen molar-refractivity contribution in [2.24, 2.45) is 5.41 Å². The molecule has 1 aliphatic rings. The van der Waals surface area contributed by atoms with E-state index >= 15 is 0 Å².